The van der Waals surface area contributed by atoms with E-state index in [2.05, 4.69) is 20.2 Å². The van der Waals surface area contributed by atoms with E-state index in [0.29, 0.717) is 22.9 Å². The highest BCUT2D eigenvalue weighted by Gasteiger charge is 2.39. The average Bonchev–Trinajstić information content (AvgIpc) is 3.55. The Kier molecular flexibility index (Phi) is 5.94. The lowest BCUT2D eigenvalue weighted by atomic mass is 10.0. The van der Waals surface area contributed by atoms with Gasteiger partial charge in [-0.3, -0.25) is 0 Å². The number of halogens is 2. The minimum atomic E-state index is -0.420. The molecule has 0 spiro atoms. The Bertz CT molecular complexity index is 940. The molecule has 2 heterocycles. The molecule has 1 saturated heterocycles. The van der Waals surface area contributed by atoms with Crippen molar-refractivity contribution in [3.05, 3.63) is 46.4 Å². The number of aromatic hydroxyl groups is 1. The molecular formula is C21H25ClFN5O2. The van der Waals surface area contributed by atoms with Gasteiger partial charge in [-0.2, -0.15) is 4.98 Å². The number of nitrogens with zero attached hydrogens (tertiary/aromatic N) is 4. The normalized spacial score (nSPS) is 18.9. The molecule has 7 nitrogen and oxygen atoms in total. The third-order valence-corrected chi connectivity index (χ3v) is 6.08. The van der Waals surface area contributed by atoms with E-state index >= 15 is 0 Å². The highest BCUT2D eigenvalue weighted by Crippen LogP contribution is 2.32. The van der Waals surface area contributed by atoms with Crippen LogP contribution in [0.15, 0.2) is 24.4 Å². The summed E-state index contributed by atoms with van der Waals surface area (Å²) in [6.45, 7) is 3.37. The van der Waals surface area contributed by atoms with Crippen LogP contribution in [0, 0.1) is 12.7 Å². The summed E-state index contributed by atoms with van der Waals surface area (Å²) in [5, 5.41) is 12.8. The second-order valence-electron chi connectivity index (χ2n) is 7.95. The number of urea groups is 1. The van der Waals surface area contributed by atoms with Crippen LogP contribution in [0.1, 0.15) is 36.8 Å². The van der Waals surface area contributed by atoms with Crippen molar-refractivity contribution in [2.75, 3.05) is 18.0 Å². The summed E-state index contributed by atoms with van der Waals surface area (Å²) in [5.74, 6) is 0.235. The molecule has 2 N–H and O–H groups in total. The van der Waals surface area contributed by atoms with Crippen molar-refractivity contribution in [3.63, 3.8) is 0 Å². The van der Waals surface area contributed by atoms with Gasteiger partial charge in [0.05, 0.1) is 6.04 Å². The van der Waals surface area contributed by atoms with E-state index in [1.165, 1.54) is 12.3 Å². The Morgan fingerprint density at radius 1 is 1.37 bits per heavy atom. The van der Waals surface area contributed by atoms with Crippen LogP contribution in [0.5, 0.6) is 6.01 Å². The minimum Gasteiger partial charge on any atom is -0.479 e. The van der Waals surface area contributed by atoms with E-state index in [1.54, 1.807) is 12.1 Å². The van der Waals surface area contributed by atoms with E-state index < -0.39 is 5.82 Å². The van der Waals surface area contributed by atoms with Crippen molar-refractivity contribution in [2.45, 2.75) is 51.2 Å². The standard InChI is InChI=1S/C21H25ClFN5O2/c1-13-9-14(18(23)10-17(13)22)11-25-21(30)28(15-4-5-15)16-3-2-8-27(12-16)19-6-7-24-20(29)26-19/h6-7,9-10,15-16H,2-5,8,11-12H2,1H3,(H,25,30)(H,24,26,29)/t16-/m1/s1. The molecule has 1 aliphatic heterocycles. The van der Waals surface area contributed by atoms with Gasteiger partial charge < -0.3 is 20.2 Å². The Hall–Kier alpha value is -2.61. The quantitative estimate of drug-likeness (QED) is 0.752. The molecule has 1 saturated carbocycles. The largest absolute Gasteiger partial charge is 0.479 e. The Morgan fingerprint density at radius 2 is 2.17 bits per heavy atom. The molecule has 1 aliphatic carbocycles. The van der Waals surface area contributed by atoms with E-state index in [1.807, 2.05) is 11.8 Å². The fraction of sp³-hybridized carbons (Fsp3) is 0.476. The first-order chi connectivity index (χ1) is 14.4. The molecule has 1 aromatic heterocycles. The third kappa shape index (κ3) is 4.59. The molecule has 1 aromatic carbocycles. The molecule has 2 aliphatic rings. The van der Waals surface area contributed by atoms with Gasteiger partial charge in [0.2, 0.25) is 0 Å². The van der Waals surface area contributed by atoms with Crippen LogP contribution in [-0.2, 0) is 6.54 Å². The summed E-state index contributed by atoms with van der Waals surface area (Å²) < 4.78 is 14.2. The highest BCUT2D eigenvalue weighted by atomic mass is 35.5. The molecule has 0 bridgehead atoms. The fourth-order valence-electron chi connectivity index (χ4n) is 4.00. The molecule has 0 radical (unpaired) electrons. The Morgan fingerprint density at radius 3 is 2.90 bits per heavy atom. The lowest BCUT2D eigenvalue weighted by molar-refractivity contribution is 0.160. The Labute approximate surface area is 179 Å². The van der Waals surface area contributed by atoms with Gasteiger partial charge in [-0.15, -0.1) is 0 Å². The van der Waals surface area contributed by atoms with Gasteiger partial charge in [-0.05, 0) is 56.4 Å². The van der Waals surface area contributed by atoms with E-state index in [-0.39, 0.29) is 30.7 Å². The molecule has 160 valence electrons. The molecule has 2 fully saturated rings. The van der Waals surface area contributed by atoms with Crippen LogP contribution in [0.4, 0.5) is 15.0 Å². The molecular weight excluding hydrogens is 409 g/mol. The zero-order chi connectivity index (χ0) is 21.3. The molecule has 9 heteroatoms. The molecule has 4 rings (SSSR count). The maximum absolute atomic E-state index is 14.2. The number of carbonyl (C=O) groups excluding carboxylic acids is 1. The number of hydrogen-bond acceptors (Lipinski definition) is 5. The van der Waals surface area contributed by atoms with Gasteiger partial charge in [0, 0.05) is 42.5 Å². The molecule has 30 heavy (non-hydrogen) atoms. The SMILES string of the molecule is Cc1cc(CNC(=O)N(C2CC2)[C@@H]2CCCN(c3ccnc(O)n3)C2)c(F)cc1Cl. The molecule has 2 aromatic rings. The summed E-state index contributed by atoms with van der Waals surface area (Å²) in [4.78, 5) is 24.8. The zero-order valence-electron chi connectivity index (χ0n) is 16.8. The first-order valence-corrected chi connectivity index (χ1v) is 10.6. The molecule has 2 amide bonds. The van der Waals surface area contributed by atoms with Crippen molar-refractivity contribution < 1.29 is 14.3 Å². The second-order valence-corrected chi connectivity index (χ2v) is 8.35. The average molecular weight is 434 g/mol. The number of aryl methyl sites for hydroxylation is 1. The number of rotatable bonds is 5. The topological polar surface area (TPSA) is 81.6 Å². The first kappa shape index (κ1) is 20.7. The summed E-state index contributed by atoms with van der Waals surface area (Å²) in [6, 6.07) is 4.52. The highest BCUT2D eigenvalue weighted by molar-refractivity contribution is 6.31. The summed E-state index contributed by atoms with van der Waals surface area (Å²) in [7, 11) is 0. The van der Waals surface area contributed by atoms with Crippen molar-refractivity contribution >= 4 is 23.4 Å². The van der Waals surface area contributed by atoms with Crippen LogP contribution < -0.4 is 10.2 Å². The van der Waals surface area contributed by atoms with Crippen LogP contribution in [0.25, 0.3) is 0 Å². The van der Waals surface area contributed by atoms with Gasteiger partial charge in [0.25, 0.3) is 0 Å². The zero-order valence-corrected chi connectivity index (χ0v) is 17.6. The maximum Gasteiger partial charge on any atom is 0.318 e. The number of piperidine rings is 1. The van der Waals surface area contributed by atoms with E-state index in [4.69, 9.17) is 11.6 Å². The molecule has 1 atom stereocenters. The summed E-state index contributed by atoms with van der Waals surface area (Å²) in [5.41, 5.74) is 1.19. The molecule has 0 unspecified atom stereocenters. The predicted molar refractivity (Wildman–Crippen MR) is 112 cm³/mol. The summed E-state index contributed by atoms with van der Waals surface area (Å²) in [6.07, 6.45) is 5.29. The van der Waals surface area contributed by atoms with Crippen molar-refractivity contribution in [1.82, 2.24) is 20.2 Å². The predicted octanol–water partition coefficient (Wildman–Crippen LogP) is 3.63. The van der Waals surface area contributed by atoms with Crippen LogP contribution in [-0.4, -0.2) is 51.2 Å². The van der Waals surface area contributed by atoms with Gasteiger partial charge in [-0.25, -0.2) is 14.2 Å². The third-order valence-electron chi connectivity index (χ3n) is 5.67. The van der Waals surface area contributed by atoms with Crippen LogP contribution >= 0.6 is 11.6 Å². The smallest absolute Gasteiger partial charge is 0.318 e. The first-order valence-electron chi connectivity index (χ1n) is 10.2. The van der Waals surface area contributed by atoms with E-state index in [9.17, 15) is 14.3 Å². The lowest BCUT2D eigenvalue weighted by Crippen LogP contribution is -2.54. The van der Waals surface area contributed by atoms with Crippen molar-refractivity contribution in [1.29, 1.82) is 0 Å². The number of carbonyl (C=O) groups is 1. The number of nitrogens with one attached hydrogen (secondary N) is 1. The van der Waals surface area contributed by atoms with Gasteiger partial charge in [0.15, 0.2) is 0 Å². The van der Waals surface area contributed by atoms with E-state index in [0.717, 1.165) is 37.8 Å². The summed E-state index contributed by atoms with van der Waals surface area (Å²) >= 11 is 5.96. The minimum absolute atomic E-state index is 0.0279. The number of benzene rings is 1. The number of aromatic nitrogens is 2. The monoisotopic (exact) mass is 433 g/mol. The number of amides is 2. The lowest BCUT2D eigenvalue weighted by Gasteiger charge is -2.40. The Balaban J connectivity index is 1.44. The number of hydrogen-bond donors (Lipinski definition) is 2. The van der Waals surface area contributed by atoms with Crippen molar-refractivity contribution in [2.24, 2.45) is 0 Å². The fourth-order valence-corrected chi connectivity index (χ4v) is 4.15. The van der Waals surface area contributed by atoms with Gasteiger partial charge in [0.1, 0.15) is 11.6 Å². The second kappa shape index (κ2) is 8.63. The van der Waals surface area contributed by atoms with Crippen LogP contribution in [0.3, 0.4) is 0 Å². The maximum atomic E-state index is 14.2. The van der Waals surface area contributed by atoms with Crippen molar-refractivity contribution in [3.8, 4) is 6.01 Å². The number of anilines is 1. The van der Waals surface area contributed by atoms with Crippen LogP contribution in [0.2, 0.25) is 5.02 Å². The van der Waals surface area contributed by atoms with Gasteiger partial charge >= 0.3 is 12.0 Å². The van der Waals surface area contributed by atoms with Gasteiger partial charge in [-0.1, -0.05) is 11.6 Å².